The fourth-order valence-corrected chi connectivity index (χ4v) is 2.52. The molecule has 0 saturated heterocycles. The van der Waals surface area contributed by atoms with Crippen molar-refractivity contribution in [2.24, 2.45) is 0 Å². The van der Waals surface area contributed by atoms with Crippen LogP contribution in [0.1, 0.15) is 46.2 Å². The molecule has 0 N–H and O–H groups in total. The van der Waals surface area contributed by atoms with Gasteiger partial charge < -0.3 is 9.64 Å². The van der Waals surface area contributed by atoms with Gasteiger partial charge in [0.1, 0.15) is 5.82 Å². The van der Waals surface area contributed by atoms with Crippen molar-refractivity contribution in [2.75, 3.05) is 13.7 Å². The smallest absolute Gasteiger partial charge is 0.338 e. The molecule has 1 unspecified atom stereocenters. The van der Waals surface area contributed by atoms with Gasteiger partial charge in [0, 0.05) is 24.7 Å². The van der Waals surface area contributed by atoms with Gasteiger partial charge in [-0.15, -0.1) is 0 Å². The molecule has 0 aliphatic heterocycles. The van der Waals surface area contributed by atoms with Crippen molar-refractivity contribution in [3.05, 3.63) is 75.1 Å². The second-order valence-electron chi connectivity index (χ2n) is 5.89. The first kappa shape index (κ1) is 20.0. The van der Waals surface area contributed by atoms with Gasteiger partial charge in [-0.1, -0.05) is 12.1 Å². The van der Waals surface area contributed by atoms with Crippen molar-refractivity contribution in [2.45, 2.75) is 19.9 Å². The molecule has 7 nitrogen and oxygen atoms in total. The van der Waals surface area contributed by atoms with Crippen molar-refractivity contribution < 1.29 is 23.6 Å². The normalized spacial score (nSPS) is 11.6. The number of nitro groups is 1. The minimum Gasteiger partial charge on any atom is -0.462 e. The molecule has 2 rings (SSSR count). The first-order chi connectivity index (χ1) is 12.7. The molecule has 2 aromatic carbocycles. The summed E-state index contributed by atoms with van der Waals surface area (Å²) in [7, 11) is 1.53. The summed E-state index contributed by atoms with van der Waals surface area (Å²) < 4.78 is 18.0. The van der Waals surface area contributed by atoms with Crippen LogP contribution < -0.4 is 0 Å². The SMILES string of the molecule is CCOC(=O)c1cc(C(=O)N(C)C(C)c2ccc(F)cc2)cc([N+](=O)[O-])c1. The van der Waals surface area contributed by atoms with Crippen molar-refractivity contribution in [1.82, 2.24) is 4.90 Å². The molecule has 0 heterocycles. The second-order valence-corrected chi connectivity index (χ2v) is 5.89. The predicted molar refractivity (Wildman–Crippen MR) is 96.0 cm³/mol. The minimum absolute atomic E-state index is 0.0104. The standard InChI is InChI=1S/C19H19FN2O5/c1-4-27-19(24)15-9-14(10-17(11-15)22(25)26)18(23)21(3)12(2)13-5-7-16(20)8-6-13/h5-12H,4H2,1-3H3. The van der Waals surface area contributed by atoms with Crippen LogP contribution in [-0.4, -0.2) is 35.4 Å². The zero-order valence-electron chi connectivity index (χ0n) is 15.1. The number of non-ortho nitro benzene ring substituents is 1. The molecule has 0 aliphatic rings. The quantitative estimate of drug-likeness (QED) is 0.436. The molecule has 8 heteroatoms. The van der Waals surface area contributed by atoms with E-state index in [4.69, 9.17) is 4.74 Å². The Morgan fingerprint density at radius 1 is 1.19 bits per heavy atom. The van der Waals surface area contributed by atoms with Gasteiger partial charge in [0.25, 0.3) is 11.6 Å². The van der Waals surface area contributed by atoms with Gasteiger partial charge in [-0.25, -0.2) is 9.18 Å². The number of hydrogen-bond donors (Lipinski definition) is 0. The van der Waals surface area contributed by atoms with Crippen LogP contribution in [0.25, 0.3) is 0 Å². The number of rotatable bonds is 6. The van der Waals surface area contributed by atoms with Gasteiger partial charge in [-0.3, -0.25) is 14.9 Å². The molecule has 0 fully saturated rings. The number of halogens is 1. The van der Waals surface area contributed by atoms with Crippen LogP contribution in [0.4, 0.5) is 10.1 Å². The van der Waals surface area contributed by atoms with Crippen LogP contribution in [0.5, 0.6) is 0 Å². The van der Waals surface area contributed by atoms with E-state index in [9.17, 15) is 24.1 Å². The van der Waals surface area contributed by atoms with E-state index in [-0.39, 0.29) is 23.4 Å². The van der Waals surface area contributed by atoms with Gasteiger partial charge in [0.2, 0.25) is 0 Å². The Morgan fingerprint density at radius 3 is 2.33 bits per heavy atom. The lowest BCUT2D eigenvalue weighted by Crippen LogP contribution is -2.30. The number of esters is 1. The molecule has 142 valence electrons. The first-order valence-corrected chi connectivity index (χ1v) is 8.23. The summed E-state index contributed by atoms with van der Waals surface area (Å²) in [4.78, 5) is 36.6. The average Bonchev–Trinajstić information content (AvgIpc) is 2.66. The Labute approximate surface area is 155 Å². The topological polar surface area (TPSA) is 89.8 Å². The average molecular weight is 374 g/mol. The predicted octanol–water partition coefficient (Wildman–Crippen LogP) is 3.74. The highest BCUT2D eigenvalue weighted by Gasteiger charge is 2.23. The molecule has 0 bridgehead atoms. The molecular weight excluding hydrogens is 355 g/mol. The Morgan fingerprint density at radius 2 is 1.78 bits per heavy atom. The summed E-state index contributed by atoms with van der Waals surface area (Å²) in [5.74, 6) is -1.65. The number of nitro benzene ring substituents is 1. The van der Waals surface area contributed by atoms with Gasteiger partial charge in [-0.2, -0.15) is 0 Å². The Kier molecular flexibility index (Phi) is 6.23. The molecule has 1 amide bonds. The van der Waals surface area contributed by atoms with Crippen molar-refractivity contribution in [3.8, 4) is 0 Å². The van der Waals surface area contributed by atoms with Gasteiger partial charge in [0.05, 0.1) is 23.1 Å². The second kappa shape index (κ2) is 8.39. The third kappa shape index (κ3) is 4.66. The van der Waals surface area contributed by atoms with Crippen molar-refractivity contribution in [1.29, 1.82) is 0 Å². The fraction of sp³-hybridized carbons (Fsp3) is 0.263. The molecule has 0 spiro atoms. The number of hydrogen-bond acceptors (Lipinski definition) is 5. The number of nitrogens with zero attached hydrogens (tertiary/aromatic N) is 2. The van der Waals surface area contributed by atoms with Gasteiger partial charge in [-0.05, 0) is 37.6 Å². The van der Waals surface area contributed by atoms with Crippen molar-refractivity contribution in [3.63, 3.8) is 0 Å². The van der Waals surface area contributed by atoms with E-state index in [0.717, 1.165) is 12.1 Å². The molecule has 27 heavy (non-hydrogen) atoms. The molecule has 0 aliphatic carbocycles. The number of benzene rings is 2. The lowest BCUT2D eigenvalue weighted by atomic mass is 10.0. The zero-order chi connectivity index (χ0) is 20.1. The largest absolute Gasteiger partial charge is 0.462 e. The Balaban J connectivity index is 2.36. The zero-order valence-corrected chi connectivity index (χ0v) is 15.1. The van der Waals surface area contributed by atoms with Crippen LogP contribution in [-0.2, 0) is 4.74 Å². The Hall–Kier alpha value is -3.29. The monoisotopic (exact) mass is 374 g/mol. The fourth-order valence-electron chi connectivity index (χ4n) is 2.52. The lowest BCUT2D eigenvalue weighted by molar-refractivity contribution is -0.384. The number of carbonyl (C=O) groups is 2. The van der Waals surface area contributed by atoms with E-state index < -0.39 is 28.7 Å². The molecule has 0 aromatic heterocycles. The number of carbonyl (C=O) groups excluding carboxylic acids is 2. The molecule has 2 aromatic rings. The van der Waals surface area contributed by atoms with E-state index in [1.807, 2.05) is 0 Å². The third-order valence-corrected chi connectivity index (χ3v) is 4.14. The number of amides is 1. The lowest BCUT2D eigenvalue weighted by Gasteiger charge is -2.25. The number of ether oxygens (including phenoxy) is 1. The van der Waals surface area contributed by atoms with Crippen molar-refractivity contribution >= 4 is 17.6 Å². The van der Waals surface area contributed by atoms with Crippen LogP contribution in [0.2, 0.25) is 0 Å². The maximum Gasteiger partial charge on any atom is 0.338 e. The molecule has 1 atom stereocenters. The summed E-state index contributed by atoms with van der Waals surface area (Å²) >= 11 is 0. The third-order valence-electron chi connectivity index (χ3n) is 4.14. The Bertz CT molecular complexity index is 867. The highest BCUT2D eigenvalue weighted by Crippen LogP contribution is 2.24. The van der Waals surface area contributed by atoms with E-state index in [1.165, 1.54) is 30.1 Å². The molecular formula is C19H19FN2O5. The van der Waals surface area contributed by atoms with Crippen LogP contribution in [0, 0.1) is 15.9 Å². The minimum atomic E-state index is -0.746. The van der Waals surface area contributed by atoms with Gasteiger partial charge in [0.15, 0.2) is 0 Å². The summed E-state index contributed by atoms with van der Waals surface area (Å²) in [5.41, 5.74) is 0.232. The van der Waals surface area contributed by atoms with E-state index in [2.05, 4.69) is 0 Å². The highest BCUT2D eigenvalue weighted by atomic mass is 19.1. The van der Waals surface area contributed by atoms with E-state index in [0.29, 0.717) is 5.56 Å². The highest BCUT2D eigenvalue weighted by molar-refractivity contribution is 5.99. The molecule has 0 saturated carbocycles. The van der Waals surface area contributed by atoms with E-state index in [1.54, 1.807) is 26.0 Å². The van der Waals surface area contributed by atoms with Gasteiger partial charge >= 0.3 is 5.97 Å². The summed E-state index contributed by atoms with van der Waals surface area (Å²) in [6.07, 6.45) is 0. The maximum absolute atomic E-state index is 13.1. The van der Waals surface area contributed by atoms with E-state index >= 15 is 0 Å². The van der Waals surface area contributed by atoms with Crippen LogP contribution in [0.15, 0.2) is 42.5 Å². The maximum atomic E-state index is 13.1. The van der Waals surface area contributed by atoms with Crippen LogP contribution >= 0.6 is 0 Å². The summed E-state index contributed by atoms with van der Waals surface area (Å²) in [5, 5.41) is 11.2. The molecule has 0 radical (unpaired) electrons. The summed E-state index contributed by atoms with van der Waals surface area (Å²) in [6, 6.07) is 8.72. The first-order valence-electron chi connectivity index (χ1n) is 8.23. The van der Waals surface area contributed by atoms with Crippen LogP contribution in [0.3, 0.4) is 0 Å². The summed E-state index contributed by atoms with van der Waals surface area (Å²) in [6.45, 7) is 3.46.